The normalized spacial score (nSPS) is 14.3. The average molecular weight is 440 g/mol. The van der Waals surface area contributed by atoms with Gasteiger partial charge in [-0.25, -0.2) is 23.4 Å². The minimum atomic E-state index is -1.96. The van der Waals surface area contributed by atoms with Crippen LogP contribution in [0.3, 0.4) is 0 Å². The zero-order valence-electron chi connectivity index (χ0n) is 17.8. The van der Waals surface area contributed by atoms with E-state index in [-0.39, 0.29) is 12.1 Å². The molecule has 10 heteroatoms. The maximum atomic E-state index is 14.8. The highest BCUT2D eigenvalue weighted by atomic mass is 19.1. The van der Waals surface area contributed by atoms with Crippen LogP contribution in [0, 0.1) is 11.6 Å². The number of halogens is 2. The SMILES string of the molecule is CC(n1cnc2cc(N(C)C)ccc2c1=O)C(O)(Cn1cncn1)c1ccc(F)cc1F. The molecule has 166 valence electrons. The largest absolute Gasteiger partial charge is 0.381 e. The maximum absolute atomic E-state index is 14.8. The minimum Gasteiger partial charge on any atom is -0.381 e. The number of nitrogens with zero attached hydrogens (tertiary/aromatic N) is 6. The van der Waals surface area contributed by atoms with Gasteiger partial charge in [-0.15, -0.1) is 0 Å². The van der Waals surface area contributed by atoms with Crippen molar-refractivity contribution in [2.75, 3.05) is 19.0 Å². The highest BCUT2D eigenvalue weighted by molar-refractivity contribution is 5.81. The number of hydrogen-bond acceptors (Lipinski definition) is 6. The van der Waals surface area contributed by atoms with Crippen molar-refractivity contribution < 1.29 is 13.9 Å². The Bertz CT molecular complexity index is 1320. The Hall–Kier alpha value is -3.66. The van der Waals surface area contributed by atoms with Gasteiger partial charge in [0.15, 0.2) is 0 Å². The Kier molecular flexibility index (Phi) is 5.47. The summed E-state index contributed by atoms with van der Waals surface area (Å²) in [5.41, 5.74) is -1.15. The molecule has 0 aliphatic heterocycles. The smallest absolute Gasteiger partial charge is 0.261 e. The van der Waals surface area contributed by atoms with Gasteiger partial charge in [-0.1, -0.05) is 6.07 Å². The molecule has 0 fully saturated rings. The summed E-state index contributed by atoms with van der Waals surface area (Å²) >= 11 is 0. The summed E-state index contributed by atoms with van der Waals surface area (Å²) in [6.07, 6.45) is 3.96. The number of benzene rings is 2. The van der Waals surface area contributed by atoms with Crippen LogP contribution >= 0.6 is 0 Å². The molecule has 0 bridgehead atoms. The van der Waals surface area contributed by atoms with Crippen LogP contribution in [-0.4, -0.2) is 43.5 Å². The van der Waals surface area contributed by atoms with E-state index in [1.807, 2.05) is 19.0 Å². The molecular formula is C22H22F2N6O2. The predicted octanol–water partition coefficient (Wildman–Crippen LogP) is 2.48. The molecule has 32 heavy (non-hydrogen) atoms. The van der Waals surface area contributed by atoms with Gasteiger partial charge < -0.3 is 10.0 Å². The third-order valence-corrected chi connectivity index (χ3v) is 5.66. The second kappa shape index (κ2) is 8.12. The summed E-state index contributed by atoms with van der Waals surface area (Å²) in [5, 5.41) is 16.1. The van der Waals surface area contributed by atoms with Crippen molar-refractivity contribution >= 4 is 16.6 Å². The Morgan fingerprint density at radius 2 is 1.94 bits per heavy atom. The molecule has 0 spiro atoms. The first kappa shape index (κ1) is 21.6. The van der Waals surface area contributed by atoms with Gasteiger partial charge in [0.1, 0.15) is 29.9 Å². The molecule has 0 saturated carbocycles. The molecule has 4 rings (SSSR count). The molecule has 2 heterocycles. The molecule has 4 aromatic rings. The molecule has 0 amide bonds. The molecule has 1 N–H and O–H groups in total. The van der Waals surface area contributed by atoms with Crippen molar-refractivity contribution in [1.29, 1.82) is 0 Å². The number of rotatable bonds is 6. The van der Waals surface area contributed by atoms with Crippen molar-refractivity contribution in [3.63, 3.8) is 0 Å². The van der Waals surface area contributed by atoms with Crippen molar-refractivity contribution in [1.82, 2.24) is 24.3 Å². The third-order valence-electron chi connectivity index (χ3n) is 5.66. The Morgan fingerprint density at radius 3 is 2.59 bits per heavy atom. The van der Waals surface area contributed by atoms with Gasteiger partial charge in [-0.2, -0.15) is 5.10 Å². The highest BCUT2D eigenvalue weighted by Crippen LogP contribution is 2.36. The highest BCUT2D eigenvalue weighted by Gasteiger charge is 2.41. The fraction of sp³-hybridized carbons (Fsp3) is 0.273. The maximum Gasteiger partial charge on any atom is 0.261 e. The van der Waals surface area contributed by atoms with Crippen LogP contribution in [0.15, 0.2) is 60.2 Å². The number of fused-ring (bicyclic) bond motifs is 1. The second-order valence-electron chi connectivity index (χ2n) is 7.87. The van der Waals surface area contributed by atoms with Crippen molar-refractivity contribution in [3.05, 3.63) is 82.9 Å². The molecule has 2 atom stereocenters. The van der Waals surface area contributed by atoms with Crippen LogP contribution in [0.4, 0.5) is 14.5 Å². The van der Waals surface area contributed by atoms with E-state index in [1.165, 1.54) is 34.3 Å². The molecule has 2 aromatic heterocycles. The van der Waals surface area contributed by atoms with Crippen molar-refractivity contribution in [3.8, 4) is 0 Å². The van der Waals surface area contributed by atoms with Crippen LogP contribution in [0.25, 0.3) is 10.9 Å². The molecule has 0 saturated heterocycles. The summed E-state index contributed by atoms with van der Waals surface area (Å²) in [5.74, 6) is -1.71. The Balaban J connectivity index is 1.86. The van der Waals surface area contributed by atoms with Crippen molar-refractivity contribution in [2.24, 2.45) is 0 Å². The lowest BCUT2D eigenvalue weighted by Crippen LogP contribution is -2.43. The van der Waals surface area contributed by atoms with Gasteiger partial charge in [-0.05, 0) is 31.2 Å². The molecule has 8 nitrogen and oxygen atoms in total. The number of aromatic nitrogens is 5. The molecule has 2 unspecified atom stereocenters. The van der Waals surface area contributed by atoms with E-state index in [0.29, 0.717) is 17.0 Å². The fourth-order valence-electron chi connectivity index (χ4n) is 3.75. The van der Waals surface area contributed by atoms with Crippen LogP contribution in [0.1, 0.15) is 18.5 Å². The average Bonchev–Trinajstić information content (AvgIpc) is 3.25. The van der Waals surface area contributed by atoms with Crippen LogP contribution < -0.4 is 10.5 Å². The summed E-state index contributed by atoms with van der Waals surface area (Å²) in [7, 11) is 3.76. The van der Waals surface area contributed by atoms with Gasteiger partial charge in [0.25, 0.3) is 5.56 Å². The van der Waals surface area contributed by atoms with E-state index in [4.69, 9.17) is 0 Å². The number of hydrogen-bond donors (Lipinski definition) is 1. The molecule has 0 aliphatic rings. The zero-order valence-corrected chi connectivity index (χ0v) is 17.8. The Morgan fingerprint density at radius 1 is 1.16 bits per heavy atom. The standard InChI is InChI=1S/C22H22F2N6O2/c1-14(30-13-26-20-9-16(28(2)3)5-6-17(20)21(30)31)22(32,10-29-12-25-11-27-29)18-7-4-15(23)8-19(18)24/h4-9,11-14,32H,10H2,1-3H3. The van der Waals surface area contributed by atoms with E-state index in [0.717, 1.165) is 11.8 Å². The van der Waals surface area contributed by atoms with E-state index >= 15 is 0 Å². The summed E-state index contributed by atoms with van der Waals surface area (Å²) in [6, 6.07) is 7.18. The molecule has 0 aliphatic carbocycles. The van der Waals surface area contributed by atoms with E-state index in [1.54, 1.807) is 25.1 Å². The summed E-state index contributed by atoms with van der Waals surface area (Å²) in [6.45, 7) is 1.35. The number of aliphatic hydroxyl groups is 1. The van der Waals surface area contributed by atoms with Gasteiger partial charge in [-0.3, -0.25) is 9.36 Å². The van der Waals surface area contributed by atoms with Gasteiger partial charge in [0.2, 0.25) is 0 Å². The zero-order chi connectivity index (χ0) is 23.0. The fourth-order valence-corrected chi connectivity index (χ4v) is 3.75. The third kappa shape index (κ3) is 3.73. The molecule has 0 radical (unpaired) electrons. The van der Waals surface area contributed by atoms with E-state index in [2.05, 4.69) is 15.1 Å². The molecule has 2 aromatic carbocycles. The first-order valence-electron chi connectivity index (χ1n) is 9.89. The quantitative estimate of drug-likeness (QED) is 0.496. The summed E-state index contributed by atoms with van der Waals surface area (Å²) < 4.78 is 30.9. The summed E-state index contributed by atoms with van der Waals surface area (Å²) in [4.78, 5) is 23.4. The monoisotopic (exact) mass is 440 g/mol. The van der Waals surface area contributed by atoms with Crippen LogP contribution in [0.5, 0.6) is 0 Å². The number of anilines is 1. The minimum absolute atomic E-state index is 0.170. The lowest BCUT2D eigenvalue weighted by atomic mass is 9.86. The molecular weight excluding hydrogens is 418 g/mol. The second-order valence-corrected chi connectivity index (χ2v) is 7.87. The van der Waals surface area contributed by atoms with Crippen molar-refractivity contribution in [2.45, 2.75) is 25.1 Å². The first-order valence-corrected chi connectivity index (χ1v) is 9.89. The van der Waals surface area contributed by atoms with Gasteiger partial charge >= 0.3 is 0 Å². The Labute approximate surface area is 182 Å². The van der Waals surface area contributed by atoms with Gasteiger partial charge in [0, 0.05) is 31.4 Å². The van der Waals surface area contributed by atoms with E-state index in [9.17, 15) is 18.7 Å². The van der Waals surface area contributed by atoms with Crippen LogP contribution in [0.2, 0.25) is 0 Å². The lowest BCUT2D eigenvalue weighted by Gasteiger charge is -2.35. The topological polar surface area (TPSA) is 89.1 Å². The van der Waals surface area contributed by atoms with E-state index < -0.39 is 28.8 Å². The van der Waals surface area contributed by atoms with Gasteiger partial charge in [0.05, 0.1) is 29.8 Å². The lowest BCUT2D eigenvalue weighted by molar-refractivity contribution is -0.0343. The first-order chi connectivity index (χ1) is 15.2. The van der Waals surface area contributed by atoms with Crippen LogP contribution in [-0.2, 0) is 12.1 Å². The predicted molar refractivity (Wildman–Crippen MR) is 115 cm³/mol.